The van der Waals surface area contributed by atoms with Crippen molar-refractivity contribution in [3.63, 3.8) is 0 Å². The van der Waals surface area contributed by atoms with Gasteiger partial charge in [-0.3, -0.25) is 4.79 Å². The predicted molar refractivity (Wildman–Crippen MR) is 70.6 cm³/mol. The molecule has 1 rings (SSSR count). The maximum Gasteiger partial charge on any atom is 0.217 e. The van der Waals surface area contributed by atoms with Crippen LogP contribution in [0.15, 0.2) is 24.3 Å². The molecule has 0 radical (unpaired) electrons. The number of carbonyl (C=O) groups is 1. The van der Waals surface area contributed by atoms with Gasteiger partial charge in [0.05, 0.1) is 11.6 Å². The summed E-state index contributed by atoms with van der Waals surface area (Å²) >= 11 is 0. The fourth-order valence-electron chi connectivity index (χ4n) is 1.71. The summed E-state index contributed by atoms with van der Waals surface area (Å²) < 4.78 is 0. The Bertz CT molecular complexity index is 420. The maximum absolute atomic E-state index is 10.6. The number of carbonyl (C=O) groups excluding carboxylic acids is 1. The highest BCUT2D eigenvalue weighted by Gasteiger charge is 2.04. The number of amides is 1. The molecule has 4 heteroatoms. The van der Waals surface area contributed by atoms with Gasteiger partial charge in [0.1, 0.15) is 0 Å². The topological polar surface area (TPSA) is 78.9 Å². The van der Waals surface area contributed by atoms with Gasteiger partial charge in [0.25, 0.3) is 0 Å². The maximum atomic E-state index is 10.6. The van der Waals surface area contributed by atoms with Gasteiger partial charge in [0, 0.05) is 12.5 Å². The quantitative estimate of drug-likeness (QED) is 0.720. The lowest BCUT2D eigenvalue weighted by Crippen LogP contribution is -2.20. The molecule has 4 nitrogen and oxygen atoms in total. The average molecular weight is 245 g/mol. The van der Waals surface area contributed by atoms with Gasteiger partial charge in [0.2, 0.25) is 5.91 Å². The van der Waals surface area contributed by atoms with Gasteiger partial charge in [-0.15, -0.1) is 0 Å². The van der Waals surface area contributed by atoms with Crippen molar-refractivity contribution < 1.29 is 4.79 Å². The second-order valence-electron chi connectivity index (χ2n) is 4.33. The van der Waals surface area contributed by atoms with Crippen LogP contribution in [-0.4, -0.2) is 12.5 Å². The number of hydrogen-bond acceptors (Lipinski definition) is 3. The highest BCUT2D eigenvalue weighted by Crippen LogP contribution is 2.13. The Kier molecular flexibility index (Phi) is 5.89. The molecule has 3 N–H and O–H groups in total. The van der Waals surface area contributed by atoms with Crippen molar-refractivity contribution in [1.29, 1.82) is 5.26 Å². The van der Waals surface area contributed by atoms with Crippen LogP contribution < -0.4 is 11.1 Å². The first kappa shape index (κ1) is 14.2. The van der Waals surface area contributed by atoms with Crippen LogP contribution in [-0.2, 0) is 4.79 Å². The Hall–Kier alpha value is -1.86. The summed E-state index contributed by atoms with van der Waals surface area (Å²) in [5, 5.41) is 12.1. The zero-order valence-electron chi connectivity index (χ0n) is 10.6. The molecule has 0 aliphatic heterocycles. The van der Waals surface area contributed by atoms with Gasteiger partial charge < -0.3 is 11.1 Å². The molecule has 1 amide bonds. The van der Waals surface area contributed by atoms with Gasteiger partial charge in [-0.1, -0.05) is 12.1 Å². The molecule has 0 aliphatic carbocycles. The van der Waals surface area contributed by atoms with Crippen LogP contribution in [0.2, 0.25) is 0 Å². The van der Waals surface area contributed by atoms with Gasteiger partial charge in [-0.25, -0.2) is 0 Å². The van der Waals surface area contributed by atoms with Crippen LogP contribution in [0.4, 0.5) is 0 Å². The molecule has 1 aromatic carbocycles. The van der Waals surface area contributed by atoms with Crippen LogP contribution in [0.3, 0.4) is 0 Å². The normalized spacial score (nSPS) is 11.8. The van der Waals surface area contributed by atoms with Gasteiger partial charge in [-0.05, 0) is 44.0 Å². The summed E-state index contributed by atoms with van der Waals surface area (Å²) in [5.41, 5.74) is 6.90. The molecule has 1 aromatic rings. The van der Waals surface area contributed by atoms with Crippen molar-refractivity contribution in [2.45, 2.75) is 32.2 Å². The lowest BCUT2D eigenvalue weighted by molar-refractivity contribution is -0.118. The second-order valence-corrected chi connectivity index (χ2v) is 4.33. The third kappa shape index (κ3) is 4.98. The van der Waals surface area contributed by atoms with Gasteiger partial charge >= 0.3 is 0 Å². The minimum Gasteiger partial charge on any atom is -0.370 e. The molecule has 0 saturated heterocycles. The zero-order chi connectivity index (χ0) is 13.4. The largest absolute Gasteiger partial charge is 0.370 e. The Morgan fingerprint density at radius 2 is 2.06 bits per heavy atom. The highest BCUT2D eigenvalue weighted by atomic mass is 16.1. The summed E-state index contributed by atoms with van der Waals surface area (Å²) in [7, 11) is 0. The number of rotatable bonds is 7. The van der Waals surface area contributed by atoms with Gasteiger partial charge in [0.15, 0.2) is 0 Å². The molecule has 0 heterocycles. The summed E-state index contributed by atoms with van der Waals surface area (Å²) in [5.74, 6) is -0.241. The molecular weight excluding hydrogens is 226 g/mol. The third-order valence-electron chi connectivity index (χ3n) is 2.84. The van der Waals surface area contributed by atoms with E-state index >= 15 is 0 Å². The van der Waals surface area contributed by atoms with Crippen molar-refractivity contribution in [2.24, 2.45) is 5.73 Å². The van der Waals surface area contributed by atoms with E-state index in [9.17, 15) is 4.79 Å². The third-order valence-corrected chi connectivity index (χ3v) is 2.84. The number of hydrogen-bond donors (Lipinski definition) is 2. The van der Waals surface area contributed by atoms with Crippen LogP contribution in [0.25, 0.3) is 0 Å². The van der Waals surface area contributed by atoms with Crippen molar-refractivity contribution in [3.05, 3.63) is 35.4 Å². The number of primary amides is 1. The van der Waals surface area contributed by atoms with Crippen molar-refractivity contribution in [1.82, 2.24) is 5.32 Å². The average Bonchev–Trinajstić information content (AvgIpc) is 2.38. The fraction of sp³-hybridized carbons (Fsp3) is 0.429. The summed E-state index contributed by atoms with van der Waals surface area (Å²) in [6, 6.07) is 9.90. The monoisotopic (exact) mass is 245 g/mol. The fourth-order valence-corrected chi connectivity index (χ4v) is 1.71. The van der Waals surface area contributed by atoms with Crippen LogP contribution >= 0.6 is 0 Å². The summed E-state index contributed by atoms with van der Waals surface area (Å²) in [4.78, 5) is 10.6. The first-order valence-electron chi connectivity index (χ1n) is 6.15. The Morgan fingerprint density at radius 1 is 1.39 bits per heavy atom. The number of unbranched alkanes of at least 4 members (excludes halogenated alkanes) is 1. The van der Waals surface area contributed by atoms with E-state index in [4.69, 9.17) is 11.0 Å². The van der Waals surface area contributed by atoms with Gasteiger partial charge in [-0.2, -0.15) is 5.26 Å². The highest BCUT2D eigenvalue weighted by molar-refractivity contribution is 5.73. The number of nitrogens with one attached hydrogen (secondary N) is 1. The van der Waals surface area contributed by atoms with E-state index in [2.05, 4.69) is 18.3 Å². The first-order valence-corrected chi connectivity index (χ1v) is 6.15. The zero-order valence-corrected chi connectivity index (χ0v) is 10.6. The molecule has 0 saturated carbocycles. The second kappa shape index (κ2) is 7.46. The van der Waals surface area contributed by atoms with Crippen LogP contribution in [0.1, 0.15) is 43.4 Å². The Labute approximate surface area is 108 Å². The molecule has 96 valence electrons. The summed E-state index contributed by atoms with van der Waals surface area (Å²) in [6.45, 7) is 2.93. The van der Waals surface area contributed by atoms with Crippen molar-refractivity contribution in [3.8, 4) is 6.07 Å². The van der Waals surface area contributed by atoms with Crippen molar-refractivity contribution in [2.75, 3.05) is 6.54 Å². The number of nitriles is 1. The van der Waals surface area contributed by atoms with E-state index in [-0.39, 0.29) is 11.9 Å². The van der Waals surface area contributed by atoms with E-state index in [0.717, 1.165) is 24.9 Å². The SMILES string of the molecule is CC(NCCCCC(N)=O)c1ccc(C#N)cc1. The molecule has 0 aliphatic rings. The van der Waals surface area contributed by atoms with E-state index in [1.807, 2.05) is 24.3 Å². The number of nitrogens with zero attached hydrogens (tertiary/aromatic N) is 1. The van der Waals surface area contributed by atoms with Crippen LogP contribution in [0.5, 0.6) is 0 Å². The molecule has 0 fully saturated rings. The van der Waals surface area contributed by atoms with Crippen molar-refractivity contribution >= 4 is 5.91 Å². The standard InChI is InChI=1S/C14H19N3O/c1-11(17-9-3-2-4-14(16)18)13-7-5-12(10-15)6-8-13/h5-8,11,17H,2-4,9H2,1H3,(H2,16,18). The minimum atomic E-state index is -0.241. The Balaban J connectivity index is 2.29. The molecule has 0 spiro atoms. The molecule has 1 unspecified atom stereocenters. The molecule has 0 aromatic heterocycles. The van der Waals surface area contributed by atoms with E-state index in [0.29, 0.717) is 12.0 Å². The molecule has 18 heavy (non-hydrogen) atoms. The molecule has 0 bridgehead atoms. The number of benzene rings is 1. The predicted octanol–water partition coefficient (Wildman–Crippen LogP) is 1.86. The first-order chi connectivity index (χ1) is 8.63. The lowest BCUT2D eigenvalue weighted by Gasteiger charge is -2.14. The molecular formula is C14H19N3O. The van der Waals surface area contributed by atoms with E-state index in [1.165, 1.54) is 0 Å². The smallest absolute Gasteiger partial charge is 0.217 e. The minimum absolute atomic E-state index is 0.241. The van der Waals surface area contributed by atoms with E-state index < -0.39 is 0 Å². The lowest BCUT2D eigenvalue weighted by atomic mass is 10.1. The molecule has 1 atom stereocenters. The van der Waals surface area contributed by atoms with Crippen LogP contribution in [0, 0.1) is 11.3 Å². The number of nitrogens with two attached hydrogens (primary N) is 1. The Morgan fingerprint density at radius 3 is 2.61 bits per heavy atom. The van der Waals surface area contributed by atoms with E-state index in [1.54, 1.807) is 0 Å². The summed E-state index contributed by atoms with van der Waals surface area (Å²) in [6.07, 6.45) is 2.21.